The summed E-state index contributed by atoms with van der Waals surface area (Å²) in [5, 5.41) is 10.1. The van der Waals surface area contributed by atoms with Gasteiger partial charge in [-0.25, -0.2) is 4.98 Å². The van der Waals surface area contributed by atoms with Crippen LogP contribution in [0.2, 0.25) is 0 Å². The van der Waals surface area contributed by atoms with Gasteiger partial charge in [-0.1, -0.05) is 6.07 Å². The third kappa shape index (κ3) is 4.35. The minimum absolute atomic E-state index is 0.0160. The number of rotatable bonds is 5. The summed E-state index contributed by atoms with van der Waals surface area (Å²) in [4.78, 5) is 19.5. The first-order valence-electron chi connectivity index (χ1n) is 10.3. The number of H-pyrrole nitrogens is 1. The Morgan fingerprint density at radius 2 is 2.14 bits per heavy atom. The molecule has 2 aliphatic rings. The molecule has 0 spiro atoms. The van der Waals surface area contributed by atoms with Crippen LogP contribution in [-0.2, 0) is 9.53 Å². The Kier molecular flexibility index (Phi) is 5.90. The van der Waals surface area contributed by atoms with Gasteiger partial charge >= 0.3 is 0 Å². The number of carbonyl (C=O) groups excluding carboxylic acids is 1. The van der Waals surface area contributed by atoms with E-state index in [1.165, 1.54) is 5.56 Å². The van der Waals surface area contributed by atoms with Gasteiger partial charge in [-0.2, -0.15) is 5.10 Å². The number of anilines is 1. The van der Waals surface area contributed by atoms with E-state index in [-0.39, 0.29) is 17.9 Å². The highest BCUT2D eigenvalue weighted by Gasteiger charge is 2.30. The molecule has 4 heterocycles. The first-order chi connectivity index (χ1) is 13.7. The molecule has 0 aromatic carbocycles. The zero-order valence-corrected chi connectivity index (χ0v) is 16.4. The van der Waals surface area contributed by atoms with Crippen molar-refractivity contribution in [2.45, 2.75) is 38.7 Å². The minimum Gasteiger partial charge on any atom is -0.373 e. The molecule has 0 saturated carbocycles. The van der Waals surface area contributed by atoms with Gasteiger partial charge in [-0.3, -0.25) is 9.89 Å². The van der Waals surface area contributed by atoms with Gasteiger partial charge in [-0.15, -0.1) is 0 Å². The van der Waals surface area contributed by atoms with Crippen LogP contribution in [0.25, 0.3) is 0 Å². The summed E-state index contributed by atoms with van der Waals surface area (Å²) < 4.78 is 5.96. The number of carbonyl (C=O) groups is 1. The molecular formula is C21H29N5O2. The third-order valence-electron chi connectivity index (χ3n) is 5.92. The van der Waals surface area contributed by atoms with E-state index in [2.05, 4.69) is 37.5 Å². The van der Waals surface area contributed by atoms with E-state index in [1.54, 1.807) is 0 Å². The molecule has 0 aliphatic carbocycles. The van der Waals surface area contributed by atoms with Gasteiger partial charge in [0.05, 0.1) is 12.3 Å². The zero-order chi connectivity index (χ0) is 19.3. The zero-order valence-electron chi connectivity index (χ0n) is 16.4. The number of hydrogen-bond donors (Lipinski definition) is 2. The Labute approximate surface area is 165 Å². The van der Waals surface area contributed by atoms with Gasteiger partial charge < -0.3 is 15.0 Å². The van der Waals surface area contributed by atoms with E-state index >= 15 is 0 Å². The number of aryl methyl sites for hydroxylation is 1. The molecular weight excluding hydrogens is 354 g/mol. The fourth-order valence-corrected chi connectivity index (χ4v) is 4.23. The van der Waals surface area contributed by atoms with E-state index < -0.39 is 0 Å². The molecule has 2 aliphatic heterocycles. The molecule has 2 saturated heterocycles. The predicted molar refractivity (Wildman–Crippen MR) is 107 cm³/mol. The van der Waals surface area contributed by atoms with Crippen molar-refractivity contribution in [3.8, 4) is 0 Å². The smallest absolute Gasteiger partial charge is 0.223 e. The van der Waals surface area contributed by atoms with Crippen molar-refractivity contribution in [2.24, 2.45) is 11.8 Å². The van der Waals surface area contributed by atoms with Crippen LogP contribution in [0, 0.1) is 18.8 Å². The lowest BCUT2D eigenvalue weighted by Gasteiger charge is -2.34. The number of aromatic amines is 1. The van der Waals surface area contributed by atoms with Crippen molar-refractivity contribution in [3.05, 3.63) is 41.9 Å². The SMILES string of the molecule is Cc1ccc(N2CCC(C(=O)NC[C@@H]3CCCO[C@H]3c3cn[nH]c3)CC2)nc1. The van der Waals surface area contributed by atoms with E-state index in [4.69, 9.17) is 4.74 Å². The summed E-state index contributed by atoms with van der Waals surface area (Å²) in [6.07, 6.45) is 9.46. The number of pyridine rings is 1. The molecule has 2 aromatic heterocycles. The summed E-state index contributed by atoms with van der Waals surface area (Å²) in [5.74, 6) is 1.56. The average Bonchev–Trinajstić information content (AvgIpc) is 3.28. The molecule has 2 atom stereocenters. The maximum absolute atomic E-state index is 12.7. The second-order valence-corrected chi connectivity index (χ2v) is 7.93. The molecule has 2 aromatic rings. The molecule has 7 heteroatoms. The Morgan fingerprint density at radius 1 is 1.29 bits per heavy atom. The molecule has 2 fully saturated rings. The maximum atomic E-state index is 12.7. The molecule has 0 unspecified atom stereocenters. The van der Waals surface area contributed by atoms with E-state index in [9.17, 15) is 4.79 Å². The highest BCUT2D eigenvalue weighted by atomic mass is 16.5. The van der Waals surface area contributed by atoms with Gasteiger partial charge in [0, 0.05) is 56.0 Å². The topological polar surface area (TPSA) is 83.1 Å². The highest BCUT2D eigenvalue weighted by molar-refractivity contribution is 5.79. The largest absolute Gasteiger partial charge is 0.373 e. The Morgan fingerprint density at radius 3 is 2.86 bits per heavy atom. The molecule has 1 amide bonds. The van der Waals surface area contributed by atoms with Crippen LogP contribution in [0.5, 0.6) is 0 Å². The van der Waals surface area contributed by atoms with Crippen LogP contribution in [0.15, 0.2) is 30.7 Å². The van der Waals surface area contributed by atoms with Gasteiger partial charge in [-0.05, 0) is 44.2 Å². The highest BCUT2D eigenvalue weighted by Crippen LogP contribution is 2.33. The quantitative estimate of drug-likeness (QED) is 0.829. The number of hydrogen-bond acceptors (Lipinski definition) is 5. The van der Waals surface area contributed by atoms with Crippen LogP contribution < -0.4 is 10.2 Å². The molecule has 28 heavy (non-hydrogen) atoms. The normalized spacial score (nSPS) is 23.5. The molecule has 0 bridgehead atoms. The summed E-state index contributed by atoms with van der Waals surface area (Å²) in [5.41, 5.74) is 2.23. The lowest BCUT2D eigenvalue weighted by Crippen LogP contribution is -2.43. The molecule has 2 N–H and O–H groups in total. The lowest BCUT2D eigenvalue weighted by atomic mass is 9.90. The lowest BCUT2D eigenvalue weighted by molar-refractivity contribution is -0.126. The van der Waals surface area contributed by atoms with Crippen LogP contribution in [-0.4, -0.2) is 47.3 Å². The van der Waals surface area contributed by atoms with Crippen molar-refractivity contribution >= 4 is 11.7 Å². The van der Waals surface area contributed by atoms with Gasteiger partial charge in [0.25, 0.3) is 0 Å². The summed E-state index contributed by atoms with van der Waals surface area (Å²) in [7, 11) is 0. The number of ether oxygens (including phenoxy) is 1. The molecule has 150 valence electrons. The van der Waals surface area contributed by atoms with Gasteiger partial charge in [0.2, 0.25) is 5.91 Å². The second-order valence-electron chi connectivity index (χ2n) is 7.93. The monoisotopic (exact) mass is 383 g/mol. The number of piperidine rings is 1. The fraction of sp³-hybridized carbons (Fsp3) is 0.571. The Hall–Kier alpha value is -2.41. The van der Waals surface area contributed by atoms with Crippen molar-refractivity contribution in [1.82, 2.24) is 20.5 Å². The predicted octanol–water partition coefficient (Wildman–Crippen LogP) is 2.61. The second kappa shape index (κ2) is 8.73. The number of amides is 1. The maximum Gasteiger partial charge on any atom is 0.223 e. The first kappa shape index (κ1) is 18.9. The van der Waals surface area contributed by atoms with Crippen molar-refractivity contribution in [1.29, 1.82) is 0 Å². The Balaban J connectivity index is 1.27. The summed E-state index contributed by atoms with van der Waals surface area (Å²) in [6.45, 7) is 5.22. The third-order valence-corrected chi connectivity index (χ3v) is 5.92. The van der Waals surface area contributed by atoms with Crippen molar-refractivity contribution < 1.29 is 9.53 Å². The van der Waals surface area contributed by atoms with Crippen LogP contribution >= 0.6 is 0 Å². The summed E-state index contributed by atoms with van der Waals surface area (Å²) >= 11 is 0. The van der Waals surface area contributed by atoms with E-state index in [0.29, 0.717) is 12.5 Å². The van der Waals surface area contributed by atoms with Gasteiger partial charge in [0.15, 0.2) is 0 Å². The number of aromatic nitrogens is 3. The fourth-order valence-electron chi connectivity index (χ4n) is 4.23. The standard InChI is InChI=1S/C21H29N5O2/c1-15-4-5-19(22-11-15)26-8-6-16(7-9-26)21(27)23-12-17-3-2-10-28-20(17)18-13-24-25-14-18/h4-5,11,13-14,16-17,20H,2-3,6-10,12H2,1H3,(H,23,27)(H,24,25)/t17-,20+/m0/s1. The Bertz CT molecular complexity index is 754. The minimum atomic E-state index is 0.0160. The van der Waals surface area contributed by atoms with E-state index in [0.717, 1.165) is 56.8 Å². The molecule has 0 radical (unpaired) electrons. The van der Waals surface area contributed by atoms with Crippen molar-refractivity contribution in [3.63, 3.8) is 0 Å². The number of nitrogens with zero attached hydrogens (tertiary/aromatic N) is 3. The van der Waals surface area contributed by atoms with E-state index in [1.807, 2.05) is 25.5 Å². The summed E-state index contributed by atoms with van der Waals surface area (Å²) in [6, 6.07) is 4.15. The van der Waals surface area contributed by atoms with Crippen LogP contribution in [0.1, 0.15) is 42.9 Å². The first-order valence-corrected chi connectivity index (χ1v) is 10.3. The number of nitrogens with one attached hydrogen (secondary N) is 2. The molecule has 4 rings (SSSR count). The van der Waals surface area contributed by atoms with Gasteiger partial charge in [0.1, 0.15) is 5.82 Å². The molecule has 7 nitrogen and oxygen atoms in total. The van der Waals surface area contributed by atoms with Crippen molar-refractivity contribution in [2.75, 3.05) is 31.1 Å². The van der Waals surface area contributed by atoms with Crippen LogP contribution in [0.4, 0.5) is 5.82 Å². The average molecular weight is 383 g/mol. The van der Waals surface area contributed by atoms with Crippen LogP contribution in [0.3, 0.4) is 0 Å².